The molecule has 0 bridgehead atoms. The van der Waals surface area contributed by atoms with E-state index in [0.29, 0.717) is 0 Å². The lowest BCUT2D eigenvalue weighted by Crippen LogP contribution is -2.60. The highest BCUT2D eigenvalue weighted by Gasteiger charge is 2.79. The summed E-state index contributed by atoms with van der Waals surface area (Å²) >= 11 is 0. The summed E-state index contributed by atoms with van der Waals surface area (Å²) in [4.78, 5) is 21.3. The third-order valence-electron chi connectivity index (χ3n) is 3.69. The first-order valence-electron chi connectivity index (χ1n) is 7.76. The van der Waals surface area contributed by atoms with Crippen molar-refractivity contribution in [2.75, 3.05) is 40.3 Å². The van der Waals surface area contributed by atoms with E-state index >= 15 is 0 Å². The van der Waals surface area contributed by atoms with Gasteiger partial charge in [-0.15, -0.1) is 0 Å². The molecule has 2 N–H and O–H groups in total. The van der Waals surface area contributed by atoms with Crippen molar-refractivity contribution in [2.24, 2.45) is 0 Å². The predicted molar refractivity (Wildman–Crippen MR) is 82.8 cm³/mol. The van der Waals surface area contributed by atoms with Crippen molar-refractivity contribution >= 4 is 22.0 Å². The van der Waals surface area contributed by atoms with Crippen molar-refractivity contribution in [1.29, 1.82) is 0 Å². The topological polar surface area (TPSA) is 112 Å². The van der Waals surface area contributed by atoms with Crippen LogP contribution in [0.25, 0.3) is 0 Å². The van der Waals surface area contributed by atoms with E-state index < -0.39 is 76.1 Å². The van der Waals surface area contributed by atoms with Gasteiger partial charge in [0.05, 0.1) is 27.1 Å². The number of hydrogen-bond donors (Lipinski definition) is 2. The van der Waals surface area contributed by atoms with Gasteiger partial charge in [-0.05, 0) is 0 Å². The highest BCUT2D eigenvalue weighted by molar-refractivity contribution is 7.90. The molecule has 0 aromatic heterocycles. The highest BCUT2D eigenvalue weighted by atomic mass is 32.2. The molecule has 16 heteroatoms. The molecular formula is C13H20F7N2O6S+. The number of likely N-dealkylation sites (N-methyl/N-ethyl adjacent to an activating group) is 1. The molecule has 29 heavy (non-hydrogen) atoms. The number of rotatable bonds is 12. The van der Waals surface area contributed by atoms with E-state index in [-0.39, 0.29) is 11.0 Å². The number of quaternary nitrogens is 1. The lowest BCUT2D eigenvalue weighted by atomic mass is 10.3. The maximum Gasteiger partial charge on any atom is 0.461 e. The Bertz CT molecular complexity index is 709. The molecule has 0 radical (unpaired) electrons. The summed E-state index contributed by atoms with van der Waals surface area (Å²) in [6.07, 6.45) is -8.45. The number of aliphatic carboxylic acids is 2. The van der Waals surface area contributed by atoms with Crippen LogP contribution >= 0.6 is 0 Å². The minimum absolute atomic E-state index is 0.188. The van der Waals surface area contributed by atoms with Crippen LogP contribution in [-0.4, -0.2) is 97.0 Å². The summed E-state index contributed by atoms with van der Waals surface area (Å²) in [5.41, 5.74) is 0. The van der Waals surface area contributed by atoms with Gasteiger partial charge in [-0.2, -0.15) is 35.0 Å². The molecular weight excluding hydrogens is 445 g/mol. The SMILES string of the molecule is C[N+](C)(CCCN(CCC(=O)O)S(=O)(=O)C(F)(F)C(F)(F)C(F)(F)F)CC(=O)O. The number of sulfonamides is 1. The van der Waals surface area contributed by atoms with Gasteiger partial charge in [-0.1, -0.05) is 0 Å². The van der Waals surface area contributed by atoms with Crippen LogP contribution in [0, 0.1) is 0 Å². The summed E-state index contributed by atoms with van der Waals surface area (Å²) in [6.45, 7) is -2.98. The number of carboxylic acids is 2. The van der Waals surface area contributed by atoms with E-state index in [4.69, 9.17) is 10.2 Å². The Morgan fingerprint density at radius 3 is 1.79 bits per heavy atom. The van der Waals surface area contributed by atoms with Gasteiger partial charge in [0.1, 0.15) is 0 Å². The second-order valence-corrected chi connectivity index (χ2v) is 8.68. The summed E-state index contributed by atoms with van der Waals surface area (Å²) < 4.78 is 114. The average Bonchev–Trinajstić information content (AvgIpc) is 2.47. The second kappa shape index (κ2) is 8.99. The van der Waals surface area contributed by atoms with Gasteiger partial charge in [0.2, 0.25) is 0 Å². The van der Waals surface area contributed by atoms with Gasteiger partial charge in [0, 0.05) is 19.5 Å². The number of alkyl halides is 7. The predicted octanol–water partition coefficient (Wildman–Crippen LogP) is 1.43. The molecule has 0 aromatic rings. The lowest BCUT2D eigenvalue weighted by molar-refractivity contribution is -0.883. The minimum atomic E-state index is -6.93. The van der Waals surface area contributed by atoms with E-state index in [1.165, 1.54) is 14.1 Å². The monoisotopic (exact) mass is 465 g/mol. The normalized spacial score (nSPS) is 14.3. The maximum absolute atomic E-state index is 13.8. The van der Waals surface area contributed by atoms with Crippen molar-refractivity contribution in [3.63, 3.8) is 0 Å². The fourth-order valence-electron chi connectivity index (χ4n) is 2.18. The van der Waals surface area contributed by atoms with Crippen LogP contribution in [0.4, 0.5) is 30.7 Å². The minimum Gasteiger partial charge on any atom is -0.481 e. The van der Waals surface area contributed by atoms with Crippen LogP contribution < -0.4 is 0 Å². The zero-order valence-electron chi connectivity index (χ0n) is 15.2. The van der Waals surface area contributed by atoms with Crippen LogP contribution in [0.1, 0.15) is 12.8 Å². The van der Waals surface area contributed by atoms with Gasteiger partial charge < -0.3 is 14.7 Å². The number of hydrogen-bond acceptors (Lipinski definition) is 4. The molecule has 0 saturated heterocycles. The molecule has 0 saturated carbocycles. The first-order valence-corrected chi connectivity index (χ1v) is 9.20. The molecule has 0 aliphatic heterocycles. The van der Waals surface area contributed by atoms with Crippen LogP contribution in [0.3, 0.4) is 0 Å². The summed E-state index contributed by atoms with van der Waals surface area (Å²) in [6, 6.07) is 0. The highest BCUT2D eigenvalue weighted by Crippen LogP contribution is 2.49. The Balaban J connectivity index is 5.73. The average molecular weight is 465 g/mol. The lowest BCUT2D eigenvalue weighted by Gasteiger charge is -2.33. The molecule has 0 fully saturated rings. The molecule has 0 aliphatic carbocycles. The molecule has 0 atom stereocenters. The van der Waals surface area contributed by atoms with Gasteiger partial charge in [0.15, 0.2) is 6.54 Å². The van der Waals surface area contributed by atoms with E-state index in [2.05, 4.69) is 0 Å². The third-order valence-corrected chi connectivity index (χ3v) is 5.64. The van der Waals surface area contributed by atoms with Crippen molar-refractivity contribution in [3.8, 4) is 0 Å². The molecule has 0 aromatic carbocycles. The molecule has 0 spiro atoms. The largest absolute Gasteiger partial charge is 0.481 e. The Morgan fingerprint density at radius 1 is 0.931 bits per heavy atom. The molecule has 8 nitrogen and oxygen atoms in total. The first kappa shape index (κ1) is 27.3. The molecule has 0 amide bonds. The van der Waals surface area contributed by atoms with E-state index in [1.54, 1.807) is 0 Å². The van der Waals surface area contributed by atoms with Crippen LogP contribution in [0.15, 0.2) is 0 Å². The Labute approximate surface area is 161 Å². The molecule has 0 heterocycles. The Kier molecular flexibility index (Phi) is 8.47. The van der Waals surface area contributed by atoms with E-state index in [9.17, 15) is 48.7 Å². The Hall–Kier alpha value is -1.68. The van der Waals surface area contributed by atoms with Gasteiger partial charge in [0.25, 0.3) is 10.0 Å². The van der Waals surface area contributed by atoms with E-state index in [0.717, 1.165) is 0 Å². The standard InChI is InChI=1S/C13H19F7N2O6S/c1-22(2,8-10(25)26)7-3-5-21(6-4-9(23)24)29(27,28)13(19,20)11(14,15)12(16,17)18/h3-8H2,1-2H3,(H-,23,24,25,26)/p+1. The van der Waals surface area contributed by atoms with Crippen molar-refractivity contribution < 1.29 is 63.4 Å². The van der Waals surface area contributed by atoms with E-state index in [1.807, 2.05) is 0 Å². The second-order valence-electron chi connectivity index (χ2n) is 6.70. The van der Waals surface area contributed by atoms with Gasteiger partial charge in [-0.25, -0.2) is 13.2 Å². The summed E-state index contributed by atoms with van der Waals surface area (Å²) in [7, 11) is -3.92. The first-order chi connectivity index (χ1) is 12.7. The van der Waals surface area contributed by atoms with Crippen LogP contribution in [0.2, 0.25) is 0 Å². The summed E-state index contributed by atoms with van der Waals surface area (Å²) in [5.74, 6) is -9.90. The van der Waals surface area contributed by atoms with Gasteiger partial charge in [-0.3, -0.25) is 4.79 Å². The van der Waals surface area contributed by atoms with Crippen molar-refractivity contribution in [1.82, 2.24) is 4.31 Å². The summed E-state index contributed by atoms with van der Waals surface area (Å²) in [5, 5.41) is 10.7. The van der Waals surface area contributed by atoms with Crippen LogP contribution in [0.5, 0.6) is 0 Å². The number of halogens is 7. The zero-order valence-corrected chi connectivity index (χ0v) is 16.0. The number of carboxylic acid groups (broad SMARTS) is 2. The third kappa shape index (κ3) is 6.67. The molecule has 172 valence electrons. The number of carbonyl (C=O) groups is 2. The zero-order chi connectivity index (χ0) is 23.5. The Morgan fingerprint density at radius 2 is 1.41 bits per heavy atom. The van der Waals surface area contributed by atoms with Gasteiger partial charge >= 0.3 is 29.3 Å². The molecule has 0 rings (SSSR count). The van der Waals surface area contributed by atoms with Crippen molar-refractivity contribution in [3.05, 3.63) is 0 Å². The smallest absolute Gasteiger partial charge is 0.461 e. The molecule has 0 unspecified atom stereocenters. The fourth-order valence-corrected chi connectivity index (χ4v) is 3.65. The quantitative estimate of drug-likeness (QED) is 0.333. The van der Waals surface area contributed by atoms with Crippen LogP contribution in [-0.2, 0) is 19.6 Å². The van der Waals surface area contributed by atoms with Crippen molar-refractivity contribution in [2.45, 2.75) is 30.2 Å². The molecule has 0 aliphatic rings. The fraction of sp³-hybridized carbons (Fsp3) is 0.846. The number of nitrogens with zero attached hydrogens (tertiary/aromatic N) is 2. The maximum atomic E-state index is 13.8.